The quantitative estimate of drug-likeness (QED) is 0.138. The monoisotopic (exact) mass is 898 g/mol. The Morgan fingerprint density at radius 3 is 2.00 bits per heavy atom. The molecule has 16 heteroatoms. The van der Waals surface area contributed by atoms with Gasteiger partial charge in [0, 0.05) is 41.3 Å². The first-order valence-corrected chi connectivity index (χ1v) is 22.3. The van der Waals surface area contributed by atoms with Crippen molar-refractivity contribution in [3.63, 3.8) is 0 Å². The molecule has 0 bridgehead atoms. The third kappa shape index (κ3) is 14.2. The maximum atomic E-state index is 14.5. The number of likely N-dealkylation sites (N-methyl/N-ethyl adjacent to an activating group) is 2. The van der Waals surface area contributed by atoms with Crippen LogP contribution in [0.5, 0.6) is 0 Å². The van der Waals surface area contributed by atoms with Gasteiger partial charge in [-0.15, -0.1) is 0 Å². The molecule has 0 aromatic heterocycles. The van der Waals surface area contributed by atoms with Gasteiger partial charge in [-0.2, -0.15) is 0 Å². The van der Waals surface area contributed by atoms with E-state index in [0.717, 1.165) is 5.56 Å². The molecular formula is C48H72FN5O10. The number of esters is 1. The lowest BCUT2D eigenvalue weighted by Gasteiger charge is -2.41. The number of rotatable bonds is 23. The van der Waals surface area contributed by atoms with Crippen molar-refractivity contribution < 1.29 is 52.1 Å². The van der Waals surface area contributed by atoms with Gasteiger partial charge in [0.2, 0.25) is 23.6 Å². The topological polar surface area (TPSA) is 173 Å². The third-order valence-electron chi connectivity index (χ3n) is 12.5. The van der Waals surface area contributed by atoms with Crippen molar-refractivity contribution in [3.8, 4) is 0 Å². The molecule has 1 unspecified atom stereocenters. The largest absolute Gasteiger partial charge is 0.467 e. The first-order valence-electron chi connectivity index (χ1n) is 22.3. The van der Waals surface area contributed by atoms with Crippen LogP contribution >= 0.6 is 0 Å². The Labute approximate surface area is 379 Å². The number of hydrogen-bond acceptors (Lipinski definition) is 10. The van der Waals surface area contributed by atoms with Gasteiger partial charge in [0.1, 0.15) is 30.5 Å². The van der Waals surface area contributed by atoms with Gasteiger partial charge in [0.15, 0.2) is 0 Å². The molecule has 15 nitrogen and oxygen atoms in total. The number of nitrogens with zero attached hydrogens (tertiary/aromatic N) is 3. The Kier molecular flexibility index (Phi) is 21.1. The summed E-state index contributed by atoms with van der Waals surface area (Å²) in [6.45, 7) is 13.4. The van der Waals surface area contributed by atoms with Crippen molar-refractivity contribution in [2.45, 2.75) is 130 Å². The summed E-state index contributed by atoms with van der Waals surface area (Å²) in [5.74, 6) is -4.26. The molecular weight excluding hydrogens is 826 g/mol. The normalized spacial score (nSPS) is 17.6. The van der Waals surface area contributed by atoms with Crippen LogP contribution in [0.2, 0.25) is 0 Å². The summed E-state index contributed by atoms with van der Waals surface area (Å²) in [7, 11) is 7.36. The average molecular weight is 898 g/mol. The molecule has 356 valence electrons. The Hall–Kier alpha value is -5.09. The van der Waals surface area contributed by atoms with Crippen molar-refractivity contribution >= 4 is 35.7 Å². The molecule has 0 radical (unpaired) electrons. The van der Waals surface area contributed by atoms with E-state index in [1.54, 1.807) is 23.8 Å². The van der Waals surface area contributed by atoms with Crippen LogP contribution in [0.15, 0.2) is 54.6 Å². The molecule has 1 heterocycles. The number of benzene rings is 2. The summed E-state index contributed by atoms with van der Waals surface area (Å²) in [6, 6.07) is 10.8. The van der Waals surface area contributed by atoms with E-state index in [2.05, 4.69) is 10.6 Å². The lowest BCUT2D eigenvalue weighted by molar-refractivity contribution is -0.149. The number of likely N-dealkylation sites (tertiary alicyclic amines) is 1. The molecule has 5 amide bonds. The molecule has 9 atom stereocenters. The minimum absolute atomic E-state index is 0.0378. The number of methoxy groups -OCH3 is 3. The second-order valence-electron chi connectivity index (χ2n) is 17.6. The van der Waals surface area contributed by atoms with Gasteiger partial charge in [0.25, 0.3) is 0 Å². The van der Waals surface area contributed by atoms with Gasteiger partial charge in [-0.1, -0.05) is 97.4 Å². The van der Waals surface area contributed by atoms with Gasteiger partial charge in [-0.3, -0.25) is 24.1 Å². The molecule has 0 aliphatic carbocycles. The van der Waals surface area contributed by atoms with Crippen molar-refractivity contribution in [1.82, 2.24) is 25.3 Å². The third-order valence-corrected chi connectivity index (χ3v) is 12.5. The van der Waals surface area contributed by atoms with Crippen LogP contribution in [-0.2, 0) is 55.9 Å². The van der Waals surface area contributed by atoms with E-state index in [0.29, 0.717) is 31.4 Å². The smallest absolute Gasteiger partial charge is 0.410 e. The Morgan fingerprint density at radius 2 is 1.45 bits per heavy atom. The summed E-state index contributed by atoms with van der Waals surface area (Å²) in [5.41, 5.74) is 1.43. The molecule has 1 aliphatic heterocycles. The highest BCUT2D eigenvalue weighted by atomic mass is 19.1. The number of amides is 5. The maximum Gasteiger partial charge on any atom is 0.410 e. The minimum atomic E-state index is -1.04. The molecule has 0 saturated carbocycles. The van der Waals surface area contributed by atoms with E-state index in [4.69, 9.17) is 18.9 Å². The fraction of sp³-hybridized carbons (Fsp3) is 0.625. The SMILES string of the molecule is CC[C@H](C)[C@@H]([C@@H](CC(=O)N1CCC[C@H]1[C@H](OC)[C@@H](C)C(=O)NC(Cc1ccc(F)cc1)C(=O)OC)OC)N(C)C(=O)[C@@H](NC(=O)[C@H](C(C)C)N(C)C(=O)OCc1ccccc1)C(C)C. The van der Waals surface area contributed by atoms with Crippen LogP contribution < -0.4 is 10.6 Å². The number of ether oxygens (including phenoxy) is 4. The van der Waals surface area contributed by atoms with E-state index < -0.39 is 78.0 Å². The summed E-state index contributed by atoms with van der Waals surface area (Å²) in [5, 5.41) is 5.72. The highest BCUT2D eigenvalue weighted by molar-refractivity contribution is 5.92. The van der Waals surface area contributed by atoms with Gasteiger partial charge in [0.05, 0.1) is 43.7 Å². The average Bonchev–Trinajstić information content (AvgIpc) is 3.76. The van der Waals surface area contributed by atoms with Crippen LogP contribution in [0.4, 0.5) is 9.18 Å². The van der Waals surface area contributed by atoms with Gasteiger partial charge in [-0.05, 0) is 53.9 Å². The lowest BCUT2D eigenvalue weighted by Crippen LogP contribution is -2.60. The fourth-order valence-electron chi connectivity index (χ4n) is 8.63. The van der Waals surface area contributed by atoms with E-state index in [1.165, 1.54) is 57.5 Å². The van der Waals surface area contributed by atoms with Crippen LogP contribution in [0.1, 0.15) is 85.3 Å². The number of halogens is 1. The zero-order chi connectivity index (χ0) is 47.8. The van der Waals surface area contributed by atoms with Crippen molar-refractivity contribution in [2.75, 3.05) is 42.0 Å². The first-order chi connectivity index (χ1) is 30.3. The van der Waals surface area contributed by atoms with Crippen LogP contribution in [0.25, 0.3) is 0 Å². The number of carbonyl (C=O) groups is 6. The molecule has 3 rings (SSSR count). The molecule has 1 saturated heterocycles. The first kappa shape index (κ1) is 53.2. The predicted octanol–water partition coefficient (Wildman–Crippen LogP) is 5.38. The Morgan fingerprint density at radius 1 is 0.812 bits per heavy atom. The zero-order valence-electron chi connectivity index (χ0n) is 39.8. The second-order valence-corrected chi connectivity index (χ2v) is 17.6. The highest BCUT2D eigenvalue weighted by Crippen LogP contribution is 2.30. The predicted molar refractivity (Wildman–Crippen MR) is 240 cm³/mol. The lowest BCUT2D eigenvalue weighted by atomic mass is 9.89. The highest BCUT2D eigenvalue weighted by Gasteiger charge is 2.44. The molecule has 2 aromatic carbocycles. The second kappa shape index (κ2) is 25.4. The van der Waals surface area contributed by atoms with Crippen molar-refractivity contribution in [3.05, 3.63) is 71.5 Å². The van der Waals surface area contributed by atoms with Crippen molar-refractivity contribution in [2.24, 2.45) is 23.7 Å². The minimum Gasteiger partial charge on any atom is -0.467 e. The summed E-state index contributed by atoms with van der Waals surface area (Å²) in [6.07, 6.45) is -0.275. The van der Waals surface area contributed by atoms with E-state index in [9.17, 15) is 33.2 Å². The van der Waals surface area contributed by atoms with E-state index >= 15 is 0 Å². The van der Waals surface area contributed by atoms with Gasteiger partial charge < -0.3 is 39.4 Å². The van der Waals surface area contributed by atoms with Crippen LogP contribution in [-0.4, -0.2) is 135 Å². The molecule has 64 heavy (non-hydrogen) atoms. The van der Waals surface area contributed by atoms with Crippen molar-refractivity contribution in [1.29, 1.82) is 0 Å². The molecule has 1 aliphatic rings. The number of carbonyl (C=O) groups excluding carboxylic acids is 6. The zero-order valence-corrected chi connectivity index (χ0v) is 39.8. The number of nitrogens with one attached hydrogen (secondary N) is 2. The molecule has 2 aromatic rings. The molecule has 1 fully saturated rings. The van der Waals surface area contributed by atoms with E-state index in [1.807, 2.05) is 71.9 Å². The van der Waals surface area contributed by atoms with Crippen LogP contribution in [0.3, 0.4) is 0 Å². The Balaban J connectivity index is 1.78. The standard InChI is InChI=1S/C48H72FN5O10/c1-13-31(6)42(52(8)46(58)40(29(2)3)51-45(57)41(30(4)5)53(9)48(60)64-28-34-18-15-14-16-19-34)38(61-10)27-39(55)54-25-17-20-37(54)43(62-11)32(7)44(56)50-36(47(59)63-12)26-33-21-23-35(49)24-22-33/h14-16,18-19,21-24,29-32,36-38,40-43H,13,17,20,25-28H2,1-12H3,(H,50,56)(H,51,57)/t31-,32+,36?,37-,38+,40-,41-,42-,43+/m0/s1. The fourth-order valence-corrected chi connectivity index (χ4v) is 8.63. The summed E-state index contributed by atoms with van der Waals surface area (Å²) >= 11 is 0. The maximum absolute atomic E-state index is 14.5. The van der Waals surface area contributed by atoms with Crippen LogP contribution in [0, 0.1) is 29.5 Å². The molecule has 2 N–H and O–H groups in total. The van der Waals surface area contributed by atoms with Gasteiger partial charge in [-0.25, -0.2) is 14.0 Å². The summed E-state index contributed by atoms with van der Waals surface area (Å²) in [4.78, 5) is 87.0. The van der Waals surface area contributed by atoms with E-state index in [-0.39, 0.29) is 49.0 Å². The summed E-state index contributed by atoms with van der Waals surface area (Å²) < 4.78 is 36.0. The van der Waals surface area contributed by atoms with Gasteiger partial charge >= 0.3 is 12.1 Å². The Bertz CT molecular complexity index is 1830. The number of hydrogen-bond donors (Lipinski definition) is 2. The molecule has 0 spiro atoms.